The largest absolute Gasteiger partial charge is 0.357 e. The molecule has 0 bridgehead atoms. The molecule has 4 nitrogen and oxygen atoms in total. The van der Waals surface area contributed by atoms with Crippen molar-refractivity contribution in [2.24, 2.45) is 0 Å². The Morgan fingerprint density at radius 2 is 1.51 bits per heavy atom. The van der Waals surface area contributed by atoms with E-state index in [0.29, 0.717) is 25.8 Å². The van der Waals surface area contributed by atoms with Gasteiger partial charge in [-0.05, 0) is 41.0 Å². The number of hydrogen-bond acceptors (Lipinski definition) is 2. The van der Waals surface area contributed by atoms with E-state index in [2.05, 4.69) is 56.4 Å². The van der Waals surface area contributed by atoms with Crippen LogP contribution in [0.25, 0.3) is 0 Å². The molecule has 4 heteroatoms. The number of rotatable bonds is 9. The van der Waals surface area contributed by atoms with Gasteiger partial charge in [0.1, 0.15) is 6.04 Å². The van der Waals surface area contributed by atoms with Crippen LogP contribution in [-0.2, 0) is 34.4 Å². The second-order valence-electron chi connectivity index (χ2n) is 10.3. The van der Waals surface area contributed by atoms with Crippen LogP contribution in [0.1, 0.15) is 55.0 Å². The van der Waals surface area contributed by atoms with Gasteiger partial charge in [-0.1, -0.05) is 105 Å². The number of likely N-dealkylation sites (N-methyl/N-ethyl adjacent to an activating group) is 1. The van der Waals surface area contributed by atoms with Crippen LogP contribution in [0, 0.1) is 6.92 Å². The monoisotopic (exact) mass is 470 g/mol. The molecule has 1 unspecified atom stereocenters. The van der Waals surface area contributed by atoms with Crippen LogP contribution in [0.15, 0.2) is 78.9 Å². The lowest BCUT2D eigenvalue weighted by Crippen LogP contribution is -2.49. The van der Waals surface area contributed by atoms with Gasteiger partial charge in [0.25, 0.3) is 0 Å². The molecule has 0 aliphatic rings. The van der Waals surface area contributed by atoms with Crippen molar-refractivity contribution >= 4 is 11.8 Å². The molecule has 0 radical (unpaired) electrons. The van der Waals surface area contributed by atoms with Crippen LogP contribution in [0.5, 0.6) is 0 Å². The second kappa shape index (κ2) is 11.8. The molecule has 1 atom stereocenters. The molecule has 0 aliphatic carbocycles. The van der Waals surface area contributed by atoms with Crippen molar-refractivity contribution in [3.63, 3.8) is 0 Å². The Morgan fingerprint density at radius 1 is 0.857 bits per heavy atom. The molecule has 0 fully saturated rings. The van der Waals surface area contributed by atoms with E-state index in [1.165, 1.54) is 5.56 Å². The molecule has 0 aromatic heterocycles. The van der Waals surface area contributed by atoms with Gasteiger partial charge in [0.15, 0.2) is 0 Å². The van der Waals surface area contributed by atoms with Gasteiger partial charge in [-0.3, -0.25) is 9.59 Å². The standard InChI is InChI=1S/C31H38N2O2/c1-23-10-9-13-26(20-23)22-33(28(30(35)32-5)21-25-11-7-6-8-12-25)29(34)19-16-24-14-17-27(18-15-24)31(2,3)4/h6-15,17-18,20,28H,16,19,21-22H2,1-5H3,(H,32,35). The predicted octanol–water partition coefficient (Wildman–Crippen LogP) is 5.61. The van der Waals surface area contributed by atoms with Crippen LogP contribution < -0.4 is 5.32 Å². The van der Waals surface area contributed by atoms with Gasteiger partial charge >= 0.3 is 0 Å². The first-order chi connectivity index (χ1) is 16.7. The minimum absolute atomic E-state index is 0.0177. The summed E-state index contributed by atoms with van der Waals surface area (Å²) in [5, 5.41) is 2.78. The Morgan fingerprint density at radius 3 is 2.11 bits per heavy atom. The predicted molar refractivity (Wildman–Crippen MR) is 143 cm³/mol. The van der Waals surface area contributed by atoms with E-state index >= 15 is 0 Å². The van der Waals surface area contributed by atoms with Crippen molar-refractivity contribution in [2.75, 3.05) is 7.05 Å². The number of hydrogen-bond donors (Lipinski definition) is 1. The van der Waals surface area contributed by atoms with Gasteiger partial charge in [0, 0.05) is 26.4 Å². The van der Waals surface area contributed by atoms with Crippen LogP contribution >= 0.6 is 0 Å². The number of nitrogens with one attached hydrogen (secondary N) is 1. The molecule has 0 saturated heterocycles. The summed E-state index contributed by atoms with van der Waals surface area (Å²) in [4.78, 5) is 28.4. The van der Waals surface area contributed by atoms with Crippen LogP contribution in [0.2, 0.25) is 0 Å². The Hall–Kier alpha value is -3.40. The van der Waals surface area contributed by atoms with E-state index in [0.717, 1.165) is 22.3 Å². The number of carbonyl (C=O) groups excluding carboxylic acids is 2. The Labute approximate surface area is 210 Å². The van der Waals surface area contributed by atoms with Gasteiger partial charge in [-0.25, -0.2) is 0 Å². The summed E-state index contributed by atoms with van der Waals surface area (Å²) < 4.78 is 0. The van der Waals surface area contributed by atoms with E-state index < -0.39 is 6.04 Å². The minimum atomic E-state index is -0.585. The number of carbonyl (C=O) groups is 2. The maximum Gasteiger partial charge on any atom is 0.242 e. The van der Waals surface area contributed by atoms with E-state index in [4.69, 9.17) is 0 Å². The van der Waals surface area contributed by atoms with Crippen LogP contribution in [0.3, 0.4) is 0 Å². The van der Waals surface area contributed by atoms with Crippen molar-refractivity contribution in [3.05, 3.63) is 107 Å². The summed E-state index contributed by atoms with van der Waals surface area (Å²) in [6.45, 7) is 9.02. The minimum Gasteiger partial charge on any atom is -0.357 e. The van der Waals surface area contributed by atoms with Crippen LogP contribution in [0.4, 0.5) is 0 Å². The Balaban J connectivity index is 1.84. The van der Waals surface area contributed by atoms with Gasteiger partial charge in [-0.15, -0.1) is 0 Å². The smallest absolute Gasteiger partial charge is 0.242 e. The molecule has 0 saturated carbocycles. The highest BCUT2D eigenvalue weighted by molar-refractivity contribution is 5.88. The zero-order valence-corrected chi connectivity index (χ0v) is 21.7. The number of amides is 2. The van der Waals surface area contributed by atoms with Gasteiger partial charge in [0.2, 0.25) is 11.8 Å². The van der Waals surface area contributed by atoms with Gasteiger partial charge in [0.05, 0.1) is 0 Å². The highest BCUT2D eigenvalue weighted by Crippen LogP contribution is 2.23. The lowest BCUT2D eigenvalue weighted by atomic mass is 9.86. The molecule has 184 valence electrons. The van der Waals surface area contributed by atoms with Crippen molar-refractivity contribution in [1.29, 1.82) is 0 Å². The van der Waals surface area contributed by atoms with Gasteiger partial charge in [-0.2, -0.15) is 0 Å². The first-order valence-corrected chi connectivity index (χ1v) is 12.4. The summed E-state index contributed by atoms with van der Waals surface area (Å²) in [7, 11) is 1.63. The summed E-state index contributed by atoms with van der Waals surface area (Å²) in [5.74, 6) is -0.166. The fourth-order valence-electron chi connectivity index (χ4n) is 4.29. The molecular formula is C31H38N2O2. The maximum absolute atomic E-state index is 13.6. The third-order valence-electron chi connectivity index (χ3n) is 6.40. The molecular weight excluding hydrogens is 432 g/mol. The molecule has 35 heavy (non-hydrogen) atoms. The normalized spacial score (nSPS) is 12.1. The fraction of sp³-hybridized carbons (Fsp3) is 0.355. The van der Waals surface area contributed by atoms with E-state index in [-0.39, 0.29) is 17.2 Å². The third kappa shape index (κ3) is 7.54. The summed E-state index contributed by atoms with van der Waals surface area (Å²) >= 11 is 0. The fourth-order valence-corrected chi connectivity index (χ4v) is 4.29. The molecule has 0 heterocycles. The molecule has 3 aromatic carbocycles. The van der Waals surface area contributed by atoms with Crippen LogP contribution in [-0.4, -0.2) is 29.8 Å². The van der Waals surface area contributed by atoms with Crippen molar-refractivity contribution in [3.8, 4) is 0 Å². The summed E-state index contributed by atoms with van der Waals surface area (Å²) in [6, 6.07) is 25.9. The van der Waals surface area contributed by atoms with E-state index in [1.54, 1.807) is 11.9 Å². The quantitative estimate of drug-likeness (QED) is 0.442. The van der Waals surface area contributed by atoms with Crippen molar-refractivity contribution < 1.29 is 9.59 Å². The molecule has 1 N–H and O–H groups in total. The average molecular weight is 471 g/mol. The topological polar surface area (TPSA) is 49.4 Å². The second-order valence-corrected chi connectivity index (χ2v) is 10.3. The molecule has 0 aliphatic heterocycles. The highest BCUT2D eigenvalue weighted by Gasteiger charge is 2.29. The number of nitrogens with zero attached hydrogens (tertiary/aromatic N) is 1. The zero-order chi connectivity index (χ0) is 25.4. The molecule has 3 aromatic rings. The van der Waals surface area contributed by atoms with Crippen molar-refractivity contribution in [1.82, 2.24) is 10.2 Å². The molecule has 3 rings (SSSR count). The van der Waals surface area contributed by atoms with E-state index in [1.807, 2.05) is 55.5 Å². The average Bonchev–Trinajstić information content (AvgIpc) is 2.84. The summed E-state index contributed by atoms with van der Waals surface area (Å²) in [5.41, 5.74) is 5.68. The third-order valence-corrected chi connectivity index (χ3v) is 6.40. The maximum atomic E-state index is 13.6. The lowest BCUT2D eigenvalue weighted by Gasteiger charge is -2.31. The Kier molecular flexibility index (Phi) is 8.86. The Bertz CT molecular complexity index is 1110. The zero-order valence-electron chi connectivity index (χ0n) is 21.7. The highest BCUT2D eigenvalue weighted by atomic mass is 16.2. The first-order valence-electron chi connectivity index (χ1n) is 12.4. The van der Waals surface area contributed by atoms with Gasteiger partial charge < -0.3 is 10.2 Å². The molecule has 0 spiro atoms. The number of aryl methyl sites for hydroxylation is 2. The first kappa shape index (κ1) is 26.2. The molecule has 2 amide bonds. The SMILES string of the molecule is CNC(=O)C(Cc1ccccc1)N(Cc1cccc(C)c1)C(=O)CCc1ccc(C(C)(C)C)cc1. The lowest BCUT2D eigenvalue weighted by molar-refractivity contribution is -0.141. The number of benzene rings is 3. The van der Waals surface area contributed by atoms with E-state index in [9.17, 15) is 9.59 Å². The van der Waals surface area contributed by atoms with Crippen molar-refractivity contribution in [2.45, 2.75) is 65.0 Å². The summed E-state index contributed by atoms with van der Waals surface area (Å²) in [6.07, 6.45) is 1.46.